The van der Waals surface area contributed by atoms with Gasteiger partial charge in [0.15, 0.2) is 0 Å². The molecule has 118 valence electrons. The zero-order valence-corrected chi connectivity index (χ0v) is 13.0. The van der Waals surface area contributed by atoms with E-state index in [2.05, 4.69) is 41.2 Å². The van der Waals surface area contributed by atoms with Gasteiger partial charge in [0.1, 0.15) is 0 Å². The summed E-state index contributed by atoms with van der Waals surface area (Å²) in [6, 6.07) is 14.3. The summed E-state index contributed by atoms with van der Waals surface area (Å²) >= 11 is 0. The molecule has 22 heavy (non-hydrogen) atoms. The van der Waals surface area contributed by atoms with Gasteiger partial charge >= 0.3 is 0 Å². The highest BCUT2D eigenvalue weighted by Crippen LogP contribution is 2.12. The van der Waals surface area contributed by atoms with Crippen LogP contribution in [0, 0.1) is 5.92 Å². The second-order valence-corrected chi connectivity index (χ2v) is 5.75. The van der Waals surface area contributed by atoms with Gasteiger partial charge in [-0.3, -0.25) is 9.88 Å². The lowest BCUT2D eigenvalue weighted by Gasteiger charge is -2.17. The smallest absolute Gasteiger partial charge is 0.0543 e. The van der Waals surface area contributed by atoms with Crippen molar-refractivity contribution in [2.75, 3.05) is 20.3 Å². The van der Waals surface area contributed by atoms with E-state index >= 15 is 0 Å². The van der Waals surface area contributed by atoms with Crippen LogP contribution in [-0.4, -0.2) is 40.4 Å². The normalized spacial score (nSPS) is 11.3. The van der Waals surface area contributed by atoms with E-state index < -0.39 is 0 Å². The van der Waals surface area contributed by atoms with Crippen LogP contribution in [0.5, 0.6) is 0 Å². The summed E-state index contributed by atoms with van der Waals surface area (Å²) < 4.78 is 0. The van der Waals surface area contributed by atoms with Gasteiger partial charge in [-0.2, -0.15) is 0 Å². The Labute approximate surface area is 132 Å². The van der Waals surface area contributed by atoms with Crippen LogP contribution in [0.15, 0.2) is 48.7 Å². The SMILES string of the molecule is CN(Cc1ccc(CC(CO)CO)cc1)Cc1ccccn1. The first-order valence-electron chi connectivity index (χ1n) is 7.59. The summed E-state index contributed by atoms with van der Waals surface area (Å²) in [6.45, 7) is 1.72. The van der Waals surface area contributed by atoms with E-state index in [9.17, 15) is 0 Å². The monoisotopic (exact) mass is 300 g/mol. The van der Waals surface area contributed by atoms with Gasteiger partial charge in [0.2, 0.25) is 0 Å². The van der Waals surface area contributed by atoms with E-state index in [0.717, 1.165) is 24.3 Å². The molecule has 4 heteroatoms. The molecule has 0 saturated carbocycles. The summed E-state index contributed by atoms with van der Waals surface area (Å²) in [6.07, 6.45) is 2.52. The van der Waals surface area contributed by atoms with Crippen molar-refractivity contribution < 1.29 is 10.2 Å². The molecule has 2 aromatic rings. The quantitative estimate of drug-likeness (QED) is 0.781. The molecule has 0 radical (unpaired) electrons. The first-order valence-corrected chi connectivity index (χ1v) is 7.59. The average molecular weight is 300 g/mol. The van der Waals surface area contributed by atoms with Crippen molar-refractivity contribution in [1.29, 1.82) is 0 Å². The van der Waals surface area contributed by atoms with Crippen molar-refractivity contribution in [3.05, 3.63) is 65.5 Å². The van der Waals surface area contributed by atoms with Crippen molar-refractivity contribution in [1.82, 2.24) is 9.88 Å². The molecule has 2 rings (SSSR count). The topological polar surface area (TPSA) is 56.6 Å². The first-order chi connectivity index (χ1) is 10.7. The summed E-state index contributed by atoms with van der Waals surface area (Å²) in [7, 11) is 2.08. The summed E-state index contributed by atoms with van der Waals surface area (Å²) in [5.74, 6) is -0.0716. The first kappa shape index (κ1) is 16.6. The lowest BCUT2D eigenvalue weighted by atomic mass is 10.00. The largest absolute Gasteiger partial charge is 0.396 e. The molecule has 1 aromatic carbocycles. The standard InChI is InChI=1S/C18H24N2O2/c1-20(12-18-4-2-3-9-19-18)11-16-7-5-15(6-8-16)10-17(13-21)14-22/h2-9,17,21-22H,10-14H2,1H3. The number of hydrogen-bond donors (Lipinski definition) is 2. The van der Waals surface area contributed by atoms with Gasteiger partial charge < -0.3 is 10.2 Å². The lowest BCUT2D eigenvalue weighted by molar-refractivity contribution is 0.150. The number of aromatic nitrogens is 1. The zero-order valence-electron chi connectivity index (χ0n) is 13.0. The molecule has 0 aliphatic rings. The third-order valence-corrected chi connectivity index (χ3v) is 3.67. The van der Waals surface area contributed by atoms with Crippen LogP contribution in [0.3, 0.4) is 0 Å². The molecule has 0 fully saturated rings. The Hall–Kier alpha value is -1.75. The summed E-state index contributed by atoms with van der Waals surface area (Å²) in [5, 5.41) is 18.3. The third-order valence-electron chi connectivity index (χ3n) is 3.67. The van der Waals surface area contributed by atoms with Crippen molar-refractivity contribution in [2.45, 2.75) is 19.5 Å². The number of hydrogen-bond acceptors (Lipinski definition) is 4. The van der Waals surface area contributed by atoms with Crippen molar-refractivity contribution in [3.8, 4) is 0 Å². The van der Waals surface area contributed by atoms with Gasteiger partial charge in [0.25, 0.3) is 0 Å². The number of aliphatic hydroxyl groups excluding tert-OH is 2. The minimum Gasteiger partial charge on any atom is -0.396 e. The fourth-order valence-electron chi connectivity index (χ4n) is 2.44. The molecule has 0 spiro atoms. The van der Waals surface area contributed by atoms with E-state index in [4.69, 9.17) is 10.2 Å². The van der Waals surface area contributed by atoms with Gasteiger partial charge in [-0.05, 0) is 36.7 Å². The molecule has 0 aliphatic heterocycles. The van der Waals surface area contributed by atoms with E-state index in [1.165, 1.54) is 5.56 Å². The molecular formula is C18H24N2O2. The molecular weight excluding hydrogens is 276 g/mol. The Bertz CT molecular complexity index is 539. The van der Waals surface area contributed by atoms with E-state index in [1.54, 1.807) is 0 Å². The highest BCUT2D eigenvalue weighted by Gasteiger charge is 2.07. The molecule has 0 bridgehead atoms. The van der Waals surface area contributed by atoms with Crippen LogP contribution in [0.1, 0.15) is 16.8 Å². The van der Waals surface area contributed by atoms with Crippen LogP contribution < -0.4 is 0 Å². The molecule has 4 nitrogen and oxygen atoms in total. The molecule has 0 aliphatic carbocycles. The second kappa shape index (κ2) is 8.63. The van der Waals surface area contributed by atoms with Crippen LogP contribution in [-0.2, 0) is 19.5 Å². The lowest BCUT2D eigenvalue weighted by Crippen LogP contribution is -2.18. The van der Waals surface area contributed by atoms with Crippen molar-refractivity contribution >= 4 is 0 Å². The maximum Gasteiger partial charge on any atom is 0.0543 e. The minimum atomic E-state index is -0.0716. The van der Waals surface area contributed by atoms with Crippen LogP contribution in [0.4, 0.5) is 0 Å². The van der Waals surface area contributed by atoms with Gasteiger partial charge in [0, 0.05) is 38.4 Å². The zero-order chi connectivity index (χ0) is 15.8. The number of pyridine rings is 1. The highest BCUT2D eigenvalue weighted by atomic mass is 16.3. The van der Waals surface area contributed by atoms with Crippen LogP contribution in [0.25, 0.3) is 0 Å². The maximum absolute atomic E-state index is 9.13. The van der Waals surface area contributed by atoms with E-state index in [0.29, 0.717) is 6.42 Å². The predicted molar refractivity (Wildman–Crippen MR) is 87.2 cm³/mol. The molecule has 1 aromatic heterocycles. The molecule has 0 unspecified atom stereocenters. The molecule has 1 heterocycles. The minimum absolute atomic E-state index is 0.0189. The van der Waals surface area contributed by atoms with E-state index in [-0.39, 0.29) is 19.1 Å². The average Bonchev–Trinajstić information content (AvgIpc) is 2.55. The van der Waals surface area contributed by atoms with Crippen molar-refractivity contribution in [3.63, 3.8) is 0 Å². The Morgan fingerprint density at radius 2 is 1.64 bits per heavy atom. The predicted octanol–water partition coefficient (Wildman–Crippen LogP) is 1.86. The number of aliphatic hydroxyl groups is 2. The summed E-state index contributed by atoms with van der Waals surface area (Å²) in [5.41, 5.74) is 3.45. The van der Waals surface area contributed by atoms with Gasteiger partial charge in [-0.1, -0.05) is 30.3 Å². The Morgan fingerprint density at radius 1 is 0.955 bits per heavy atom. The number of rotatable bonds is 8. The molecule has 0 saturated heterocycles. The highest BCUT2D eigenvalue weighted by molar-refractivity contribution is 5.23. The van der Waals surface area contributed by atoms with Gasteiger partial charge in [-0.15, -0.1) is 0 Å². The van der Waals surface area contributed by atoms with Gasteiger partial charge in [0.05, 0.1) is 5.69 Å². The number of nitrogens with zero attached hydrogens (tertiary/aromatic N) is 2. The Morgan fingerprint density at radius 3 is 2.23 bits per heavy atom. The van der Waals surface area contributed by atoms with Gasteiger partial charge in [-0.25, -0.2) is 0 Å². The Kier molecular flexibility index (Phi) is 6.52. The fraction of sp³-hybridized carbons (Fsp3) is 0.389. The van der Waals surface area contributed by atoms with Crippen molar-refractivity contribution in [2.24, 2.45) is 5.92 Å². The maximum atomic E-state index is 9.13. The van der Waals surface area contributed by atoms with Crippen LogP contribution in [0.2, 0.25) is 0 Å². The molecule has 0 atom stereocenters. The Balaban J connectivity index is 1.88. The number of benzene rings is 1. The molecule has 0 amide bonds. The van der Waals surface area contributed by atoms with Crippen LogP contribution >= 0.6 is 0 Å². The fourth-order valence-corrected chi connectivity index (χ4v) is 2.44. The third kappa shape index (κ3) is 5.22. The second-order valence-electron chi connectivity index (χ2n) is 5.75. The molecule has 2 N–H and O–H groups in total. The summed E-state index contributed by atoms with van der Waals surface area (Å²) in [4.78, 5) is 6.56. The van der Waals surface area contributed by atoms with E-state index in [1.807, 2.05) is 24.4 Å².